The summed E-state index contributed by atoms with van der Waals surface area (Å²) in [5.41, 5.74) is -0.171. The Balaban J connectivity index is 2.34. The Bertz CT molecular complexity index is 770. The van der Waals surface area contributed by atoms with Crippen LogP contribution in [-0.2, 0) is 20.7 Å². The molecule has 1 amide bonds. The Morgan fingerprint density at radius 2 is 1.83 bits per heavy atom. The van der Waals surface area contributed by atoms with Crippen molar-refractivity contribution >= 4 is 19.3 Å². The Morgan fingerprint density at radius 1 is 1.24 bits per heavy atom. The number of amides is 1. The molecule has 1 saturated heterocycles. The Morgan fingerprint density at radius 3 is 2.34 bits per heavy atom. The molecule has 6 nitrogen and oxygen atoms in total. The van der Waals surface area contributed by atoms with Crippen LogP contribution < -0.4 is 5.32 Å². The predicted octanol–water partition coefficient (Wildman–Crippen LogP) is 3.86. The largest absolute Gasteiger partial charge is 0.492 e. The first-order valence-corrected chi connectivity index (χ1v) is 9.66. The molecule has 1 aromatic carbocycles. The maximum absolute atomic E-state index is 13.8. The molecule has 8 heteroatoms. The molecule has 0 spiro atoms. The fourth-order valence-corrected chi connectivity index (χ4v) is 2.73. The van der Waals surface area contributed by atoms with Gasteiger partial charge >= 0.3 is 13.2 Å². The molecule has 1 heterocycles. The summed E-state index contributed by atoms with van der Waals surface area (Å²) in [6, 6.07) is 4.13. The van der Waals surface area contributed by atoms with Crippen LogP contribution in [0, 0.1) is 5.82 Å². The lowest BCUT2D eigenvalue weighted by atomic mass is 9.76. The first kappa shape index (κ1) is 23.4. The van der Waals surface area contributed by atoms with Crippen LogP contribution in [-0.4, -0.2) is 41.7 Å². The van der Waals surface area contributed by atoms with E-state index in [1.807, 2.05) is 27.7 Å². The van der Waals surface area contributed by atoms with Crippen LogP contribution in [0.2, 0.25) is 0 Å². The van der Waals surface area contributed by atoms with Gasteiger partial charge in [0.05, 0.1) is 17.8 Å². The van der Waals surface area contributed by atoms with Gasteiger partial charge in [-0.2, -0.15) is 0 Å². The van der Waals surface area contributed by atoms with E-state index < -0.39 is 35.8 Å². The van der Waals surface area contributed by atoms with Gasteiger partial charge in [-0.1, -0.05) is 12.1 Å². The van der Waals surface area contributed by atoms with Crippen molar-refractivity contribution in [1.29, 1.82) is 0 Å². The third-order valence-corrected chi connectivity index (χ3v) is 5.01. The van der Waals surface area contributed by atoms with Crippen molar-refractivity contribution in [2.45, 2.75) is 71.9 Å². The zero-order valence-corrected chi connectivity index (χ0v) is 18.3. The lowest BCUT2D eigenvalue weighted by Crippen LogP contribution is -2.41. The van der Waals surface area contributed by atoms with E-state index in [1.165, 1.54) is 18.2 Å². The third kappa shape index (κ3) is 6.04. The summed E-state index contributed by atoms with van der Waals surface area (Å²) in [4.78, 5) is 12.1. The van der Waals surface area contributed by atoms with E-state index in [0.29, 0.717) is 16.6 Å². The molecule has 0 aliphatic carbocycles. The highest BCUT2D eigenvalue weighted by molar-refractivity contribution is 6.56. The zero-order chi connectivity index (χ0) is 22.0. The molecular weight excluding hydrogens is 376 g/mol. The van der Waals surface area contributed by atoms with Crippen LogP contribution in [0.1, 0.15) is 59.6 Å². The number of hydrogen-bond acceptors (Lipinski definition) is 5. The van der Waals surface area contributed by atoms with E-state index in [1.54, 1.807) is 26.8 Å². The number of carbonyl (C=O) groups excluding carboxylic acids is 1. The number of ether oxygens (including phenoxy) is 1. The van der Waals surface area contributed by atoms with Crippen LogP contribution in [0.4, 0.5) is 9.18 Å². The van der Waals surface area contributed by atoms with E-state index >= 15 is 0 Å². The number of rotatable bonds is 5. The summed E-state index contributed by atoms with van der Waals surface area (Å²) < 4.78 is 31.3. The number of benzene rings is 1. The SMILES string of the molecule is CC(C)(C)OC(=O)NCC(=Cc1cc(F)ccc1CO)B1OC(C)(C)C(C)(C)O1. The van der Waals surface area contributed by atoms with Crippen molar-refractivity contribution in [1.82, 2.24) is 5.32 Å². The molecule has 0 unspecified atom stereocenters. The maximum atomic E-state index is 13.8. The minimum atomic E-state index is -0.746. The van der Waals surface area contributed by atoms with Crippen LogP contribution in [0.25, 0.3) is 6.08 Å². The monoisotopic (exact) mass is 407 g/mol. The highest BCUT2D eigenvalue weighted by Crippen LogP contribution is 2.38. The molecule has 1 aliphatic rings. The minimum absolute atomic E-state index is 0.0765. The summed E-state index contributed by atoms with van der Waals surface area (Å²) in [6.45, 7) is 12.9. The molecular formula is C21H31BFNO5. The van der Waals surface area contributed by atoms with Gasteiger partial charge in [0.2, 0.25) is 0 Å². The van der Waals surface area contributed by atoms with E-state index in [4.69, 9.17) is 14.0 Å². The summed E-state index contributed by atoms with van der Waals surface area (Å²) in [5.74, 6) is -0.429. The van der Waals surface area contributed by atoms with Gasteiger partial charge in [-0.25, -0.2) is 9.18 Å². The molecule has 0 atom stereocenters. The van der Waals surface area contributed by atoms with Gasteiger partial charge in [0.15, 0.2) is 0 Å². The second kappa shape index (κ2) is 8.46. The first-order chi connectivity index (χ1) is 13.2. The molecule has 29 heavy (non-hydrogen) atoms. The Kier molecular flexibility index (Phi) is 6.82. The molecule has 0 aromatic heterocycles. The molecule has 1 aromatic rings. The zero-order valence-electron chi connectivity index (χ0n) is 18.3. The quantitative estimate of drug-likeness (QED) is 0.725. The van der Waals surface area contributed by atoms with E-state index in [2.05, 4.69) is 5.32 Å². The molecule has 1 aliphatic heterocycles. The molecule has 160 valence electrons. The fraction of sp³-hybridized carbons (Fsp3) is 0.571. The van der Waals surface area contributed by atoms with Crippen LogP contribution in [0.15, 0.2) is 23.7 Å². The summed E-state index contributed by atoms with van der Waals surface area (Å²) in [6.07, 6.45) is 1.09. The lowest BCUT2D eigenvalue weighted by Gasteiger charge is -2.32. The highest BCUT2D eigenvalue weighted by Gasteiger charge is 2.52. The molecule has 2 N–H and O–H groups in total. The molecule has 1 fully saturated rings. The Labute approximate surface area is 172 Å². The second-order valence-corrected chi connectivity index (χ2v) is 9.16. The van der Waals surface area contributed by atoms with Gasteiger partial charge in [0.25, 0.3) is 0 Å². The van der Waals surface area contributed by atoms with Crippen molar-refractivity contribution in [2.24, 2.45) is 0 Å². The average Bonchev–Trinajstić information content (AvgIpc) is 2.77. The van der Waals surface area contributed by atoms with Gasteiger partial charge in [0.1, 0.15) is 11.4 Å². The van der Waals surface area contributed by atoms with Crippen LogP contribution >= 0.6 is 0 Å². The minimum Gasteiger partial charge on any atom is -0.444 e. The van der Waals surface area contributed by atoms with E-state index in [0.717, 1.165) is 0 Å². The molecule has 2 rings (SSSR count). The third-order valence-electron chi connectivity index (χ3n) is 5.01. The highest BCUT2D eigenvalue weighted by atomic mass is 19.1. The van der Waals surface area contributed by atoms with Crippen molar-refractivity contribution in [3.63, 3.8) is 0 Å². The van der Waals surface area contributed by atoms with Crippen molar-refractivity contribution in [3.8, 4) is 0 Å². The lowest BCUT2D eigenvalue weighted by molar-refractivity contribution is 0.00578. The number of aliphatic hydroxyl groups excluding tert-OH is 1. The van der Waals surface area contributed by atoms with E-state index in [-0.39, 0.29) is 13.2 Å². The maximum Gasteiger partial charge on any atom is 0.492 e. The van der Waals surface area contributed by atoms with Gasteiger partial charge in [-0.05, 0) is 77.2 Å². The number of alkyl carbamates (subject to hydrolysis) is 1. The smallest absolute Gasteiger partial charge is 0.444 e. The first-order valence-electron chi connectivity index (χ1n) is 9.66. The number of aliphatic hydroxyl groups is 1. The molecule has 0 bridgehead atoms. The summed E-state index contributed by atoms with van der Waals surface area (Å²) >= 11 is 0. The summed E-state index contributed by atoms with van der Waals surface area (Å²) in [5, 5.41) is 12.3. The number of hydrogen-bond donors (Lipinski definition) is 2. The van der Waals surface area contributed by atoms with Crippen molar-refractivity contribution in [2.75, 3.05) is 6.54 Å². The second-order valence-electron chi connectivity index (χ2n) is 9.16. The van der Waals surface area contributed by atoms with Crippen LogP contribution in [0.5, 0.6) is 0 Å². The van der Waals surface area contributed by atoms with Gasteiger partial charge in [-0.3, -0.25) is 0 Å². The predicted molar refractivity (Wildman–Crippen MR) is 111 cm³/mol. The number of carbonyl (C=O) groups is 1. The van der Waals surface area contributed by atoms with E-state index in [9.17, 15) is 14.3 Å². The average molecular weight is 407 g/mol. The molecule has 0 radical (unpaired) electrons. The number of halogens is 1. The van der Waals surface area contributed by atoms with Crippen LogP contribution in [0.3, 0.4) is 0 Å². The fourth-order valence-electron chi connectivity index (χ4n) is 2.73. The number of nitrogens with one attached hydrogen (secondary N) is 1. The molecule has 0 saturated carbocycles. The normalized spacial score (nSPS) is 18.7. The van der Waals surface area contributed by atoms with Gasteiger partial charge < -0.3 is 24.5 Å². The van der Waals surface area contributed by atoms with Crippen molar-refractivity contribution < 1.29 is 28.3 Å². The van der Waals surface area contributed by atoms with Gasteiger partial charge in [0, 0.05) is 6.54 Å². The van der Waals surface area contributed by atoms with Gasteiger partial charge in [-0.15, -0.1) is 0 Å². The standard InChI is InChI=1S/C21H31BFNO5/c1-19(2,3)27-18(26)24-12-16(22-28-20(4,5)21(6,7)29-22)10-15-11-17(23)9-8-14(15)13-25/h8-11,25H,12-13H2,1-7H3,(H,24,26). The Hall–Kier alpha value is -1.90. The summed E-state index contributed by atoms with van der Waals surface area (Å²) in [7, 11) is -0.746. The van der Waals surface area contributed by atoms with Crippen molar-refractivity contribution in [3.05, 3.63) is 40.6 Å². The topological polar surface area (TPSA) is 77.0 Å².